The summed E-state index contributed by atoms with van der Waals surface area (Å²) in [6, 6.07) is 3.96. The molecule has 88 valence electrons. The fourth-order valence-electron chi connectivity index (χ4n) is 1.19. The summed E-state index contributed by atoms with van der Waals surface area (Å²) in [6.45, 7) is 1.78. The molecule has 4 nitrogen and oxygen atoms in total. The third-order valence-corrected chi connectivity index (χ3v) is 3.90. The molecule has 2 rings (SSSR count). The summed E-state index contributed by atoms with van der Waals surface area (Å²) in [5.74, 6) is -1.73. The summed E-state index contributed by atoms with van der Waals surface area (Å²) in [7, 11) is 0. The standard InChI is InChI=1S/C10H7FN2O2S2/c1-5-12-13-10(16-5)17-8-6(9(14)15)3-2-4-7(8)11/h2-4H,1H3,(H,14,15). The van der Waals surface area contributed by atoms with Crippen molar-refractivity contribution < 1.29 is 14.3 Å². The maximum absolute atomic E-state index is 13.6. The van der Waals surface area contributed by atoms with E-state index in [1.807, 2.05) is 0 Å². The van der Waals surface area contributed by atoms with Gasteiger partial charge in [-0.25, -0.2) is 9.18 Å². The number of aryl methyl sites for hydroxylation is 1. The molecule has 1 aromatic heterocycles. The second-order valence-corrected chi connectivity index (χ2v) is 5.55. The number of benzene rings is 1. The summed E-state index contributed by atoms with van der Waals surface area (Å²) in [5, 5.41) is 17.3. The summed E-state index contributed by atoms with van der Waals surface area (Å²) in [6.07, 6.45) is 0. The normalized spacial score (nSPS) is 10.5. The SMILES string of the molecule is Cc1nnc(Sc2c(F)cccc2C(=O)O)s1. The lowest BCUT2D eigenvalue weighted by Crippen LogP contribution is -2.00. The van der Waals surface area contributed by atoms with Crippen LogP contribution >= 0.6 is 23.1 Å². The van der Waals surface area contributed by atoms with Gasteiger partial charge in [0.2, 0.25) is 0 Å². The van der Waals surface area contributed by atoms with Gasteiger partial charge in [0, 0.05) is 0 Å². The van der Waals surface area contributed by atoms with Crippen molar-refractivity contribution in [3.63, 3.8) is 0 Å². The second-order valence-electron chi connectivity index (χ2n) is 3.11. The highest BCUT2D eigenvalue weighted by molar-refractivity contribution is 8.01. The largest absolute Gasteiger partial charge is 0.478 e. The third kappa shape index (κ3) is 2.62. The number of rotatable bonds is 3. The number of nitrogens with zero attached hydrogens (tertiary/aromatic N) is 2. The van der Waals surface area contributed by atoms with Gasteiger partial charge < -0.3 is 5.11 Å². The van der Waals surface area contributed by atoms with Crippen molar-refractivity contribution in [3.8, 4) is 0 Å². The molecule has 0 radical (unpaired) electrons. The number of aromatic nitrogens is 2. The highest BCUT2D eigenvalue weighted by Crippen LogP contribution is 2.34. The molecule has 0 saturated heterocycles. The van der Waals surface area contributed by atoms with E-state index in [4.69, 9.17) is 5.11 Å². The molecule has 1 aromatic carbocycles. The molecule has 0 unspecified atom stereocenters. The number of aromatic carboxylic acids is 1. The van der Waals surface area contributed by atoms with Gasteiger partial charge in [-0.3, -0.25) is 0 Å². The Balaban J connectivity index is 2.40. The van der Waals surface area contributed by atoms with E-state index in [0.717, 1.165) is 16.8 Å². The number of hydrogen-bond acceptors (Lipinski definition) is 5. The maximum Gasteiger partial charge on any atom is 0.336 e. The number of carboxylic acid groups (broad SMARTS) is 1. The lowest BCUT2D eigenvalue weighted by atomic mass is 10.2. The van der Waals surface area contributed by atoms with Gasteiger partial charge >= 0.3 is 5.97 Å². The first kappa shape index (κ1) is 12.0. The van der Waals surface area contributed by atoms with Gasteiger partial charge in [-0.05, 0) is 19.1 Å². The second kappa shape index (κ2) is 4.80. The summed E-state index contributed by atoms with van der Waals surface area (Å²) in [5.41, 5.74) is -0.0668. The molecule has 1 N–H and O–H groups in total. The van der Waals surface area contributed by atoms with Gasteiger partial charge in [0.05, 0.1) is 10.5 Å². The van der Waals surface area contributed by atoms with E-state index in [9.17, 15) is 9.18 Å². The minimum Gasteiger partial charge on any atom is -0.478 e. The predicted molar refractivity (Wildman–Crippen MR) is 62.1 cm³/mol. The highest BCUT2D eigenvalue weighted by atomic mass is 32.2. The smallest absolute Gasteiger partial charge is 0.336 e. The molecule has 7 heteroatoms. The van der Waals surface area contributed by atoms with Crippen molar-refractivity contribution in [1.82, 2.24) is 10.2 Å². The van der Waals surface area contributed by atoms with Crippen molar-refractivity contribution in [2.24, 2.45) is 0 Å². The van der Waals surface area contributed by atoms with Crippen LogP contribution in [-0.4, -0.2) is 21.3 Å². The number of carbonyl (C=O) groups is 1. The number of halogens is 1. The van der Waals surface area contributed by atoms with Gasteiger partial charge in [0.1, 0.15) is 10.8 Å². The van der Waals surface area contributed by atoms with E-state index in [1.54, 1.807) is 6.92 Å². The van der Waals surface area contributed by atoms with Crippen LogP contribution in [0.15, 0.2) is 27.4 Å². The van der Waals surface area contributed by atoms with Crippen molar-refractivity contribution >= 4 is 29.1 Å². The molecular formula is C10H7FN2O2S2. The molecule has 0 bridgehead atoms. The molecule has 2 aromatic rings. The zero-order valence-electron chi connectivity index (χ0n) is 8.68. The Morgan fingerprint density at radius 1 is 1.47 bits per heavy atom. The lowest BCUT2D eigenvalue weighted by Gasteiger charge is -2.03. The van der Waals surface area contributed by atoms with E-state index in [0.29, 0.717) is 4.34 Å². The van der Waals surface area contributed by atoms with Crippen LogP contribution in [0.25, 0.3) is 0 Å². The van der Waals surface area contributed by atoms with Crippen molar-refractivity contribution in [2.75, 3.05) is 0 Å². The lowest BCUT2D eigenvalue weighted by molar-refractivity contribution is 0.0692. The van der Waals surface area contributed by atoms with Crippen molar-refractivity contribution in [1.29, 1.82) is 0 Å². The Hall–Kier alpha value is -1.47. The quantitative estimate of drug-likeness (QED) is 0.929. The average Bonchev–Trinajstić information content (AvgIpc) is 2.67. The first-order valence-electron chi connectivity index (χ1n) is 4.57. The zero-order chi connectivity index (χ0) is 12.4. The minimum atomic E-state index is -1.16. The van der Waals surface area contributed by atoms with Crippen LogP contribution in [0.1, 0.15) is 15.4 Å². The van der Waals surface area contributed by atoms with E-state index in [2.05, 4.69) is 10.2 Å². The molecule has 0 fully saturated rings. The predicted octanol–water partition coefficient (Wildman–Crippen LogP) is 2.84. The maximum atomic E-state index is 13.6. The van der Waals surface area contributed by atoms with Gasteiger partial charge in [-0.1, -0.05) is 29.2 Å². The molecule has 0 spiro atoms. The Morgan fingerprint density at radius 2 is 2.24 bits per heavy atom. The Kier molecular flexibility index (Phi) is 3.39. The van der Waals surface area contributed by atoms with Crippen LogP contribution in [0, 0.1) is 12.7 Å². The van der Waals surface area contributed by atoms with Crippen LogP contribution in [0.5, 0.6) is 0 Å². The average molecular weight is 270 g/mol. The Labute approximate surface area is 105 Å². The first-order chi connectivity index (χ1) is 8.08. The fourth-order valence-corrected chi connectivity index (χ4v) is 3.07. The van der Waals surface area contributed by atoms with Crippen LogP contribution in [0.2, 0.25) is 0 Å². The van der Waals surface area contributed by atoms with Gasteiger partial charge in [0.15, 0.2) is 4.34 Å². The fraction of sp³-hybridized carbons (Fsp3) is 0.100. The highest BCUT2D eigenvalue weighted by Gasteiger charge is 2.17. The molecule has 17 heavy (non-hydrogen) atoms. The monoisotopic (exact) mass is 270 g/mol. The van der Waals surface area contributed by atoms with E-state index < -0.39 is 11.8 Å². The third-order valence-electron chi connectivity index (χ3n) is 1.89. The molecule has 0 atom stereocenters. The molecule has 0 aliphatic rings. The summed E-state index contributed by atoms with van der Waals surface area (Å²) < 4.78 is 14.1. The topological polar surface area (TPSA) is 63.1 Å². The number of hydrogen-bond donors (Lipinski definition) is 1. The van der Waals surface area contributed by atoms with Crippen molar-refractivity contribution in [3.05, 3.63) is 34.6 Å². The first-order valence-corrected chi connectivity index (χ1v) is 6.21. The van der Waals surface area contributed by atoms with Crippen LogP contribution in [0.4, 0.5) is 4.39 Å². The summed E-state index contributed by atoms with van der Waals surface area (Å²) >= 11 is 2.27. The van der Waals surface area contributed by atoms with E-state index in [1.165, 1.54) is 29.5 Å². The molecule has 0 aliphatic carbocycles. The van der Waals surface area contributed by atoms with Crippen LogP contribution in [0.3, 0.4) is 0 Å². The van der Waals surface area contributed by atoms with Crippen LogP contribution in [-0.2, 0) is 0 Å². The Morgan fingerprint density at radius 3 is 2.82 bits per heavy atom. The molecule has 0 aliphatic heterocycles. The summed E-state index contributed by atoms with van der Waals surface area (Å²) in [4.78, 5) is 11.0. The van der Waals surface area contributed by atoms with Crippen LogP contribution < -0.4 is 0 Å². The molecule has 0 saturated carbocycles. The van der Waals surface area contributed by atoms with Crippen molar-refractivity contribution in [2.45, 2.75) is 16.2 Å². The molecule has 1 heterocycles. The van der Waals surface area contributed by atoms with E-state index in [-0.39, 0.29) is 10.5 Å². The number of carboxylic acids is 1. The molecular weight excluding hydrogens is 263 g/mol. The zero-order valence-corrected chi connectivity index (χ0v) is 10.3. The van der Waals surface area contributed by atoms with Gasteiger partial charge in [-0.15, -0.1) is 10.2 Å². The van der Waals surface area contributed by atoms with Gasteiger partial charge in [-0.2, -0.15) is 0 Å². The molecule has 0 amide bonds. The Bertz CT molecular complexity index is 571. The van der Waals surface area contributed by atoms with Gasteiger partial charge in [0.25, 0.3) is 0 Å². The minimum absolute atomic E-state index is 0.0659. The van der Waals surface area contributed by atoms with E-state index >= 15 is 0 Å².